The van der Waals surface area contributed by atoms with Gasteiger partial charge in [-0.3, -0.25) is 14.5 Å². The van der Waals surface area contributed by atoms with Gasteiger partial charge in [-0.1, -0.05) is 18.2 Å². The summed E-state index contributed by atoms with van der Waals surface area (Å²) in [5.74, 6) is 1.12. The van der Waals surface area contributed by atoms with Gasteiger partial charge in [-0.05, 0) is 61.7 Å². The maximum absolute atomic E-state index is 13.5. The number of likely N-dealkylation sites (tertiary alicyclic amines) is 1. The van der Waals surface area contributed by atoms with Gasteiger partial charge in [-0.15, -0.1) is 11.3 Å². The number of urea groups is 1. The summed E-state index contributed by atoms with van der Waals surface area (Å²) in [4.78, 5) is 46.7. The average molecular weight is 528 g/mol. The molecule has 2 aliphatic heterocycles. The van der Waals surface area contributed by atoms with Crippen LogP contribution in [0.2, 0.25) is 0 Å². The monoisotopic (exact) mass is 527 g/mol. The largest absolute Gasteiger partial charge is 0.457 e. The maximum atomic E-state index is 13.5. The molecule has 10 heteroatoms. The summed E-state index contributed by atoms with van der Waals surface area (Å²) in [6, 6.07) is 16.4. The van der Waals surface area contributed by atoms with Crippen LogP contribution in [-0.2, 0) is 4.79 Å². The lowest BCUT2D eigenvalue weighted by Gasteiger charge is -2.31. The molecule has 6 rings (SSSR count). The van der Waals surface area contributed by atoms with Crippen LogP contribution in [0, 0.1) is 6.92 Å². The third kappa shape index (κ3) is 4.32. The van der Waals surface area contributed by atoms with Crippen molar-refractivity contribution in [1.29, 1.82) is 0 Å². The molecule has 0 radical (unpaired) electrons. The number of anilines is 3. The number of hydrogen-bond acceptors (Lipinski definition) is 6. The molecule has 4 aromatic rings. The fourth-order valence-corrected chi connectivity index (χ4v) is 6.04. The van der Waals surface area contributed by atoms with Crippen LogP contribution in [0.5, 0.6) is 11.5 Å². The van der Waals surface area contributed by atoms with Gasteiger partial charge in [0.1, 0.15) is 21.2 Å². The molecule has 9 nitrogen and oxygen atoms in total. The van der Waals surface area contributed by atoms with Crippen molar-refractivity contribution in [1.82, 2.24) is 15.2 Å². The first-order valence-electron chi connectivity index (χ1n) is 12.4. The quantitative estimate of drug-likeness (QED) is 0.326. The van der Waals surface area contributed by atoms with E-state index in [2.05, 4.69) is 15.6 Å². The molecule has 0 saturated carbocycles. The number of aryl methyl sites for hydroxylation is 1. The Balaban J connectivity index is 1.32. The Kier molecular flexibility index (Phi) is 6.16. The van der Waals surface area contributed by atoms with E-state index in [0.29, 0.717) is 45.6 Å². The second-order valence-electron chi connectivity index (χ2n) is 9.36. The van der Waals surface area contributed by atoms with Crippen molar-refractivity contribution < 1.29 is 19.1 Å². The van der Waals surface area contributed by atoms with Gasteiger partial charge in [0.05, 0.1) is 22.4 Å². The predicted octanol–water partition coefficient (Wildman–Crippen LogP) is 5.43. The molecule has 2 aliphatic rings. The predicted molar refractivity (Wildman–Crippen MR) is 147 cm³/mol. The summed E-state index contributed by atoms with van der Waals surface area (Å²) in [7, 11) is 0. The van der Waals surface area contributed by atoms with Crippen molar-refractivity contribution in [2.75, 3.05) is 23.3 Å². The molecule has 2 aromatic heterocycles. The normalized spacial score (nSPS) is 16.8. The number of carbonyl (C=O) groups excluding carboxylic acids is 3. The zero-order valence-electron chi connectivity index (χ0n) is 20.6. The molecule has 0 aliphatic carbocycles. The number of rotatable bonds is 6. The van der Waals surface area contributed by atoms with Gasteiger partial charge < -0.3 is 20.3 Å². The third-order valence-corrected chi connectivity index (χ3v) is 7.87. The molecule has 1 saturated heterocycles. The first kappa shape index (κ1) is 23.9. The van der Waals surface area contributed by atoms with E-state index < -0.39 is 0 Å². The summed E-state index contributed by atoms with van der Waals surface area (Å²) in [5, 5.41) is 6.70. The molecule has 1 fully saturated rings. The lowest BCUT2D eigenvalue weighted by Crippen LogP contribution is -2.47. The molecule has 0 unspecified atom stereocenters. The molecule has 4 heterocycles. The third-order valence-electron chi connectivity index (χ3n) is 6.78. The summed E-state index contributed by atoms with van der Waals surface area (Å²) in [6.45, 7) is 3.10. The van der Waals surface area contributed by atoms with E-state index in [1.54, 1.807) is 22.1 Å². The molecule has 4 amide bonds. The molecule has 38 heavy (non-hydrogen) atoms. The minimum atomic E-state index is -0.359. The topological polar surface area (TPSA) is 104 Å². The number of hydrogen-bond donors (Lipinski definition) is 2. The first-order chi connectivity index (χ1) is 18.5. The Morgan fingerprint density at radius 3 is 2.79 bits per heavy atom. The van der Waals surface area contributed by atoms with E-state index in [1.807, 2.05) is 55.5 Å². The number of thiophene rings is 1. The second kappa shape index (κ2) is 9.79. The minimum Gasteiger partial charge on any atom is -0.457 e. The molecular weight excluding hydrogens is 502 g/mol. The summed E-state index contributed by atoms with van der Waals surface area (Å²) >= 11 is 1.25. The second-order valence-corrected chi connectivity index (χ2v) is 10.4. The summed E-state index contributed by atoms with van der Waals surface area (Å²) < 4.78 is 5.95. The van der Waals surface area contributed by atoms with Gasteiger partial charge in [0.15, 0.2) is 0 Å². The Morgan fingerprint density at radius 2 is 2.00 bits per heavy atom. The number of ether oxygens (including phenoxy) is 1. The number of amides is 4. The van der Waals surface area contributed by atoms with Gasteiger partial charge in [-0.2, -0.15) is 0 Å². The molecule has 1 atom stereocenters. The van der Waals surface area contributed by atoms with Crippen LogP contribution in [0.25, 0.3) is 10.2 Å². The Labute approximate surface area is 223 Å². The first-order valence-corrected chi connectivity index (χ1v) is 13.2. The van der Waals surface area contributed by atoms with E-state index in [1.165, 1.54) is 11.3 Å². The number of pyridine rings is 1. The molecule has 192 valence electrons. The fourth-order valence-electron chi connectivity index (χ4n) is 5.02. The highest BCUT2D eigenvalue weighted by Crippen LogP contribution is 2.46. The van der Waals surface area contributed by atoms with Crippen molar-refractivity contribution in [3.63, 3.8) is 0 Å². The van der Waals surface area contributed by atoms with Crippen molar-refractivity contribution in [3.05, 3.63) is 71.2 Å². The summed E-state index contributed by atoms with van der Waals surface area (Å²) in [6.07, 6.45) is 4.09. The molecule has 2 N–H and O–H groups in total. The number of carbonyl (C=O) groups is 3. The van der Waals surface area contributed by atoms with Crippen LogP contribution in [0.3, 0.4) is 0 Å². The van der Waals surface area contributed by atoms with E-state index in [-0.39, 0.29) is 18.0 Å². The van der Waals surface area contributed by atoms with Crippen LogP contribution >= 0.6 is 11.3 Å². The highest BCUT2D eigenvalue weighted by Gasteiger charge is 2.34. The smallest absolute Gasteiger partial charge is 0.331 e. The van der Waals surface area contributed by atoms with Gasteiger partial charge in [0.2, 0.25) is 6.41 Å². The molecule has 0 bridgehead atoms. The molecular formula is C28H25N5O4S. The van der Waals surface area contributed by atoms with Crippen molar-refractivity contribution in [2.24, 2.45) is 0 Å². The van der Waals surface area contributed by atoms with Gasteiger partial charge in [-0.25, -0.2) is 9.78 Å². The Bertz CT molecular complexity index is 1550. The van der Waals surface area contributed by atoms with E-state index >= 15 is 0 Å². The van der Waals surface area contributed by atoms with Crippen LogP contribution in [0.15, 0.2) is 60.8 Å². The van der Waals surface area contributed by atoms with E-state index in [0.717, 1.165) is 36.0 Å². The summed E-state index contributed by atoms with van der Waals surface area (Å²) in [5.41, 5.74) is 2.69. The number of nitrogens with zero attached hydrogens (tertiary/aromatic N) is 3. The number of para-hydroxylation sites is 1. The molecule has 0 spiro atoms. The lowest BCUT2D eigenvalue weighted by molar-refractivity contribution is -0.119. The van der Waals surface area contributed by atoms with Gasteiger partial charge in [0, 0.05) is 25.3 Å². The van der Waals surface area contributed by atoms with Gasteiger partial charge in [0.25, 0.3) is 5.91 Å². The minimum absolute atomic E-state index is 0.138. The van der Waals surface area contributed by atoms with Crippen LogP contribution in [-0.4, -0.2) is 47.4 Å². The number of piperidine rings is 1. The standard InChI is InChI=1S/C28H25N5O4S/c1-17-14-20(37-19-7-3-2-4-8-19)9-10-21(17)33-22-11-12-29-27-23(22)24(31-28(33)36)25(38-27)26(35)30-18-6-5-13-32(15-18)16-34/h2-4,7-12,14,16,18H,5-6,13,15H2,1H3,(H,30,35)(H,31,36)/t18-/m0/s1. The maximum Gasteiger partial charge on any atom is 0.331 e. The zero-order valence-corrected chi connectivity index (χ0v) is 21.5. The SMILES string of the molecule is Cc1cc(Oc2ccccc2)ccc1N1C(=O)Nc2c(C(=O)N[C@H]3CCCN(C=O)C3)sc3nccc1c23. The van der Waals surface area contributed by atoms with Crippen LogP contribution in [0.1, 0.15) is 28.1 Å². The van der Waals surface area contributed by atoms with Crippen LogP contribution in [0.4, 0.5) is 21.9 Å². The highest BCUT2D eigenvalue weighted by molar-refractivity contribution is 7.21. The van der Waals surface area contributed by atoms with Crippen molar-refractivity contribution in [3.8, 4) is 11.5 Å². The number of benzene rings is 2. The van der Waals surface area contributed by atoms with E-state index in [4.69, 9.17) is 4.74 Å². The van der Waals surface area contributed by atoms with E-state index in [9.17, 15) is 14.4 Å². The average Bonchev–Trinajstić information content (AvgIpc) is 3.30. The Morgan fingerprint density at radius 1 is 1.16 bits per heavy atom. The lowest BCUT2D eigenvalue weighted by atomic mass is 10.1. The zero-order chi connectivity index (χ0) is 26.2. The number of aromatic nitrogens is 1. The highest BCUT2D eigenvalue weighted by atomic mass is 32.1. The molecule has 2 aromatic carbocycles. The van der Waals surface area contributed by atoms with Crippen molar-refractivity contribution in [2.45, 2.75) is 25.8 Å². The van der Waals surface area contributed by atoms with Crippen LogP contribution < -0.4 is 20.3 Å². The fraction of sp³-hybridized carbons (Fsp3) is 0.214. The van der Waals surface area contributed by atoms with Crippen molar-refractivity contribution >= 4 is 57.0 Å². The number of nitrogens with one attached hydrogen (secondary N) is 2. The Hall–Kier alpha value is -4.44. The van der Waals surface area contributed by atoms with Gasteiger partial charge >= 0.3 is 6.03 Å².